The fourth-order valence-corrected chi connectivity index (χ4v) is 3.09. The lowest BCUT2D eigenvalue weighted by Crippen LogP contribution is -2.18. The van der Waals surface area contributed by atoms with E-state index in [0.29, 0.717) is 5.56 Å². The van der Waals surface area contributed by atoms with Gasteiger partial charge in [-0.2, -0.15) is 0 Å². The van der Waals surface area contributed by atoms with Crippen molar-refractivity contribution in [2.75, 3.05) is 7.05 Å². The van der Waals surface area contributed by atoms with Crippen LogP contribution in [-0.2, 0) is 12.8 Å². The molecule has 1 unspecified atom stereocenters. The molecule has 102 valence electrons. The van der Waals surface area contributed by atoms with Crippen molar-refractivity contribution in [3.63, 3.8) is 0 Å². The fourth-order valence-electron chi connectivity index (χ4n) is 2.09. The van der Waals surface area contributed by atoms with E-state index in [1.165, 1.54) is 21.9 Å². The summed E-state index contributed by atoms with van der Waals surface area (Å²) in [7, 11) is 1.81. The number of likely N-dealkylation sites (N-methyl/N-ethyl adjacent to an activating group) is 1. The van der Waals surface area contributed by atoms with Crippen molar-refractivity contribution in [1.29, 1.82) is 0 Å². The molecule has 0 saturated carbocycles. The first-order valence-electron chi connectivity index (χ1n) is 6.33. The summed E-state index contributed by atoms with van der Waals surface area (Å²) in [6.07, 6.45) is 1.76. The molecule has 0 amide bonds. The summed E-state index contributed by atoms with van der Waals surface area (Å²) in [5, 5.41) is 3.12. The average Bonchev–Trinajstić information content (AvgIpc) is 2.82. The van der Waals surface area contributed by atoms with E-state index in [1.807, 2.05) is 7.05 Å². The van der Waals surface area contributed by atoms with Crippen LogP contribution < -0.4 is 5.32 Å². The van der Waals surface area contributed by atoms with E-state index in [0.717, 1.165) is 18.9 Å². The van der Waals surface area contributed by atoms with Crippen molar-refractivity contribution in [1.82, 2.24) is 5.32 Å². The maximum Gasteiger partial charge on any atom is 0.126 e. The summed E-state index contributed by atoms with van der Waals surface area (Å²) in [6.45, 7) is 2.12. The van der Waals surface area contributed by atoms with Crippen molar-refractivity contribution in [3.05, 3.63) is 57.3 Å². The normalized spacial score (nSPS) is 12.6. The largest absolute Gasteiger partial charge is 0.313 e. The second-order valence-electron chi connectivity index (χ2n) is 4.47. The molecule has 0 aliphatic heterocycles. The van der Waals surface area contributed by atoms with Gasteiger partial charge in [-0.25, -0.2) is 8.78 Å². The van der Waals surface area contributed by atoms with E-state index >= 15 is 0 Å². The van der Waals surface area contributed by atoms with E-state index in [-0.39, 0.29) is 6.04 Å². The van der Waals surface area contributed by atoms with Gasteiger partial charge in [0.1, 0.15) is 11.6 Å². The minimum Gasteiger partial charge on any atom is -0.313 e. The number of nitrogens with one attached hydrogen (secondary N) is 1. The van der Waals surface area contributed by atoms with Gasteiger partial charge in [0, 0.05) is 28.3 Å². The Labute approximate surface area is 116 Å². The van der Waals surface area contributed by atoms with Crippen LogP contribution in [0.15, 0.2) is 30.3 Å². The molecule has 2 rings (SSSR count). The third-order valence-corrected chi connectivity index (χ3v) is 4.36. The molecule has 2 aromatic rings. The summed E-state index contributed by atoms with van der Waals surface area (Å²) in [4.78, 5) is 2.55. The Balaban J connectivity index is 2.19. The van der Waals surface area contributed by atoms with Gasteiger partial charge in [-0.05, 0) is 43.3 Å². The lowest BCUT2D eigenvalue weighted by molar-refractivity contribution is 0.553. The molecule has 1 nitrogen and oxygen atoms in total. The first kappa shape index (κ1) is 14.2. The third kappa shape index (κ3) is 3.61. The van der Waals surface area contributed by atoms with E-state index in [9.17, 15) is 8.78 Å². The Morgan fingerprint density at radius 3 is 2.26 bits per heavy atom. The van der Waals surface area contributed by atoms with Gasteiger partial charge in [-0.1, -0.05) is 6.92 Å². The van der Waals surface area contributed by atoms with Gasteiger partial charge in [0.15, 0.2) is 0 Å². The van der Waals surface area contributed by atoms with Crippen LogP contribution in [0.2, 0.25) is 0 Å². The number of thiophene rings is 1. The van der Waals surface area contributed by atoms with Crippen LogP contribution in [0.1, 0.15) is 28.3 Å². The minimum absolute atomic E-state index is 0.0754. The maximum atomic E-state index is 13.3. The molecule has 0 spiro atoms. The zero-order chi connectivity index (χ0) is 13.8. The molecule has 0 radical (unpaired) electrons. The number of rotatable bonds is 5. The van der Waals surface area contributed by atoms with Gasteiger partial charge in [-0.3, -0.25) is 0 Å². The maximum absolute atomic E-state index is 13.3. The lowest BCUT2D eigenvalue weighted by Gasteiger charge is -2.16. The Kier molecular flexibility index (Phi) is 4.66. The van der Waals surface area contributed by atoms with Gasteiger partial charge in [-0.15, -0.1) is 11.3 Å². The van der Waals surface area contributed by atoms with Crippen LogP contribution in [0.25, 0.3) is 0 Å². The first-order valence-corrected chi connectivity index (χ1v) is 7.15. The number of benzene rings is 1. The highest BCUT2D eigenvalue weighted by Crippen LogP contribution is 2.25. The Bertz CT molecular complexity index is 531. The topological polar surface area (TPSA) is 12.0 Å². The average molecular weight is 281 g/mol. The lowest BCUT2D eigenvalue weighted by atomic mass is 10.0. The standard InChI is InChI=1S/C15H17F2NS/c1-3-13-4-5-14(19-13)9-15(18-2)10-6-11(16)8-12(17)7-10/h4-8,15,18H,3,9H2,1-2H3. The van der Waals surface area contributed by atoms with Crippen LogP contribution in [0, 0.1) is 11.6 Å². The van der Waals surface area contributed by atoms with Crippen molar-refractivity contribution in [2.45, 2.75) is 25.8 Å². The molecule has 0 fully saturated rings. The molecule has 0 saturated heterocycles. The molecule has 1 N–H and O–H groups in total. The second-order valence-corrected chi connectivity index (χ2v) is 5.72. The molecule has 1 aromatic heterocycles. The number of halogens is 2. The van der Waals surface area contributed by atoms with Crippen LogP contribution in [0.3, 0.4) is 0 Å². The Hall–Kier alpha value is -1.26. The number of hydrogen-bond acceptors (Lipinski definition) is 2. The zero-order valence-corrected chi connectivity index (χ0v) is 11.9. The summed E-state index contributed by atoms with van der Waals surface area (Å²) in [5.41, 5.74) is 0.645. The predicted molar refractivity (Wildman–Crippen MR) is 75.6 cm³/mol. The Morgan fingerprint density at radius 1 is 1.11 bits per heavy atom. The van der Waals surface area contributed by atoms with Crippen LogP contribution in [0.4, 0.5) is 8.78 Å². The smallest absolute Gasteiger partial charge is 0.126 e. The predicted octanol–water partition coefficient (Wildman–Crippen LogP) is 4.09. The van der Waals surface area contributed by atoms with Crippen LogP contribution in [0.5, 0.6) is 0 Å². The van der Waals surface area contributed by atoms with Gasteiger partial charge in [0.25, 0.3) is 0 Å². The van der Waals surface area contributed by atoms with Crippen molar-refractivity contribution in [2.24, 2.45) is 0 Å². The molecule has 0 aliphatic rings. The van der Waals surface area contributed by atoms with Gasteiger partial charge in [0.05, 0.1) is 0 Å². The molecule has 4 heteroatoms. The number of hydrogen-bond donors (Lipinski definition) is 1. The SMILES string of the molecule is CCc1ccc(CC(NC)c2cc(F)cc(F)c2)s1. The summed E-state index contributed by atoms with van der Waals surface area (Å²) >= 11 is 1.75. The summed E-state index contributed by atoms with van der Waals surface area (Å²) in [6, 6.07) is 7.80. The molecule has 1 aromatic carbocycles. The quantitative estimate of drug-likeness (QED) is 0.870. The van der Waals surface area contributed by atoms with Gasteiger partial charge in [0.2, 0.25) is 0 Å². The second kappa shape index (κ2) is 6.26. The highest BCUT2D eigenvalue weighted by atomic mass is 32.1. The molecule has 19 heavy (non-hydrogen) atoms. The highest BCUT2D eigenvalue weighted by molar-refractivity contribution is 7.11. The van der Waals surface area contributed by atoms with Crippen LogP contribution >= 0.6 is 11.3 Å². The number of aryl methyl sites for hydroxylation is 1. The molecule has 0 aliphatic carbocycles. The van der Waals surface area contributed by atoms with Gasteiger partial charge >= 0.3 is 0 Å². The first-order chi connectivity index (χ1) is 9.12. The summed E-state index contributed by atoms with van der Waals surface area (Å²) in [5.74, 6) is -1.06. The third-order valence-electron chi connectivity index (χ3n) is 3.11. The molecular formula is C15H17F2NS. The molecule has 0 bridgehead atoms. The monoisotopic (exact) mass is 281 g/mol. The molecular weight excluding hydrogens is 264 g/mol. The van der Waals surface area contributed by atoms with Gasteiger partial charge < -0.3 is 5.32 Å². The van der Waals surface area contributed by atoms with Crippen molar-refractivity contribution < 1.29 is 8.78 Å². The van der Waals surface area contributed by atoms with E-state index in [1.54, 1.807) is 11.3 Å². The van der Waals surface area contributed by atoms with Crippen molar-refractivity contribution >= 4 is 11.3 Å². The summed E-state index contributed by atoms with van der Waals surface area (Å²) < 4.78 is 26.5. The highest BCUT2D eigenvalue weighted by Gasteiger charge is 2.13. The zero-order valence-electron chi connectivity index (χ0n) is 11.0. The molecule has 1 atom stereocenters. The van der Waals surface area contributed by atoms with E-state index in [2.05, 4.69) is 24.4 Å². The van der Waals surface area contributed by atoms with Crippen LogP contribution in [-0.4, -0.2) is 7.05 Å². The van der Waals surface area contributed by atoms with E-state index in [4.69, 9.17) is 0 Å². The molecule has 1 heterocycles. The Morgan fingerprint density at radius 2 is 1.74 bits per heavy atom. The minimum atomic E-state index is -0.532. The fraction of sp³-hybridized carbons (Fsp3) is 0.333. The van der Waals surface area contributed by atoms with Crippen molar-refractivity contribution in [3.8, 4) is 0 Å². The van der Waals surface area contributed by atoms with E-state index < -0.39 is 11.6 Å².